The molecular formula is C17H18N2O8. The van der Waals surface area contributed by atoms with Gasteiger partial charge in [0.15, 0.2) is 5.41 Å². The molecule has 1 aliphatic rings. The van der Waals surface area contributed by atoms with Gasteiger partial charge in [-0.25, -0.2) is 4.79 Å². The van der Waals surface area contributed by atoms with E-state index in [2.05, 4.69) is 4.74 Å². The third kappa shape index (κ3) is 3.21. The topological polar surface area (TPSA) is 128 Å². The Morgan fingerprint density at radius 3 is 2.33 bits per heavy atom. The Morgan fingerprint density at radius 1 is 1.11 bits per heavy atom. The summed E-state index contributed by atoms with van der Waals surface area (Å²) in [5.41, 5.74) is -2.17. The molecule has 1 unspecified atom stereocenters. The van der Waals surface area contributed by atoms with E-state index in [0.717, 1.165) is 19.1 Å². The van der Waals surface area contributed by atoms with Gasteiger partial charge >= 0.3 is 12.1 Å². The second-order valence-corrected chi connectivity index (χ2v) is 5.69. The Kier molecular flexibility index (Phi) is 5.48. The molecule has 0 aromatic heterocycles. The molecule has 0 bridgehead atoms. The normalized spacial score (nSPS) is 18.4. The Hall–Kier alpha value is -3.43. The molecule has 0 spiro atoms. The first kappa shape index (κ1) is 19.9. The van der Waals surface area contributed by atoms with Gasteiger partial charge < -0.3 is 14.2 Å². The van der Waals surface area contributed by atoms with Crippen molar-refractivity contribution >= 4 is 29.8 Å². The minimum atomic E-state index is -2.17. The number of likely N-dealkylation sites (N-methyl/N-ethyl adjacent to an activating group) is 1. The molecule has 144 valence electrons. The van der Waals surface area contributed by atoms with Crippen molar-refractivity contribution in [3.8, 4) is 5.75 Å². The van der Waals surface area contributed by atoms with Gasteiger partial charge in [-0.05, 0) is 23.8 Å². The number of carbonyl (C=O) groups excluding carboxylic acids is 5. The molecule has 0 radical (unpaired) electrons. The minimum Gasteiger partial charge on any atom is -0.497 e. The number of methoxy groups -OCH3 is 3. The van der Waals surface area contributed by atoms with Crippen LogP contribution in [0, 0.1) is 0 Å². The number of nitrogens with one attached hydrogen (secondary N) is 1. The predicted octanol–water partition coefficient (Wildman–Crippen LogP) is -0.00910. The summed E-state index contributed by atoms with van der Waals surface area (Å²) in [5.74, 6) is -3.36. The number of esters is 1. The molecule has 4 amide bonds. The summed E-state index contributed by atoms with van der Waals surface area (Å²) in [6, 6.07) is 4.19. The molecule has 0 aliphatic carbocycles. The SMILES string of the molecule is COC(=O)NC(=O)CC1(C(=O)OC)C(=O)N(C)C(=O)c2ccc(OC)cc21. The highest BCUT2D eigenvalue weighted by Crippen LogP contribution is 2.40. The summed E-state index contributed by atoms with van der Waals surface area (Å²) in [6.45, 7) is 0. The van der Waals surface area contributed by atoms with Crippen molar-refractivity contribution in [2.45, 2.75) is 11.8 Å². The van der Waals surface area contributed by atoms with Gasteiger partial charge in [0.05, 0.1) is 27.8 Å². The van der Waals surface area contributed by atoms with Gasteiger partial charge in [-0.1, -0.05) is 0 Å². The highest BCUT2D eigenvalue weighted by molar-refractivity contribution is 6.22. The number of carbonyl (C=O) groups is 5. The molecular weight excluding hydrogens is 360 g/mol. The summed E-state index contributed by atoms with van der Waals surface area (Å²) >= 11 is 0. The monoisotopic (exact) mass is 378 g/mol. The Bertz CT molecular complexity index is 834. The van der Waals surface area contributed by atoms with Gasteiger partial charge in [0.25, 0.3) is 11.8 Å². The molecule has 0 saturated heterocycles. The van der Waals surface area contributed by atoms with Crippen LogP contribution in [0.15, 0.2) is 18.2 Å². The number of alkyl carbamates (subject to hydrolysis) is 1. The van der Waals surface area contributed by atoms with Gasteiger partial charge in [-0.2, -0.15) is 0 Å². The van der Waals surface area contributed by atoms with Crippen LogP contribution in [0.25, 0.3) is 0 Å². The van der Waals surface area contributed by atoms with Gasteiger partial charge in [0, 0.05) is 12.6 Å². The maximum absolute atomic E-state index is 13.0. The van der Waals surface area contributed by atoms with Crippen LogP contribution in [-0.4, -0.2) is 63.1 Å². The largest absolute Gasteiger partial charge is 0.497 e. The first-order valence-electron chi connectivity index (χ1n) is 7.70. The second kappa shape index (κ2) is 7.44. The van der Waals surface area contributed by atoms with Crippen molar-refractivity contribution < 1.29 is 38.2 Å². The van der Waals surface area contributed by atoms with Crippen LogP contribution in [0.4, 0.5) is 4.79 Å². The number of hydrogen-bond acceptors (Lipinski definition) is 8. The van der Waals surface area contributed by atoms with Crippen LogP contribution in [0.2, 0.25) is 0 Å². The summed E-state index contributed by atoms with van der Waals surface area (Å²) < 4.78 is 14.2. The van der Waals surface area contributed by atoms with E-state index in [1.807, 2.05) is 5.32 Å². The average Bonchev–Trinajstić information content (AvgIpc) is 2.68. The number of hydrogen-bond donors (Lipinski definition) is 1. The lowest BCUT2D eigenvalue weighted by atomic mass is 9.71. The maximum atomic E-state index is 13.0. The molecule has 1 aliphatic heterocycles. The van der Waals surface area contributed by atoms with Crippen LogP contribution >= 0.6 is 0 Å². The number of fused-ring (bicyclic) bond motifs is 1. The number of benzene rings is 1. The third-order valence-electron chi connectivity index (χ3n) is 4.28. The molecule has 2 rings (SSSR count). The van der Waals surface area contributed by atoms with Crippen molar-refractivity contribution in [3.05, 3.63) is 29.3 Å². The lowest BCUT2D eigenvalue weighted by Crippen LogP contribution is -2.59. The minimum absolute atomic E-state index is 0.0363. The van der Waals surface area contributed by atoms with E-state index in [0.29, 0.717) is 0 Å². The molecule has 10 heteroatoms. The zero-order valence-electron chi connectivity index (χ0n) is 15.2. The predicted molar refractivity (Wildman–Crippen MR) is 89.0 cm³/mol. The van der Waals surface area contributed by atoms with E-state index in [4.69, 9.17) is 9.47 Å². The lowest BCUT2D eigenvalue weighted by Gasteiger charge is -2.38. The average molecular weight is 378 g/mol. The van der Waals surface area contributed by atoms with Crippen LogP contribution in [0.1, 0.15) is 22.3 Å². The van der Waals surface area contributed by atoms with Crippen molar-refractivity contribution in [1.29, 1.82) is 0 Å². The summed E-state index contributed by atoms with van der Waals surface area (Å²) in [4.78, 5) is 62.5. The lowest BCUT2D eigenvalue weighted by molar-refractivity contribution is -0.158. The van der Waals surface area contributed by atoms with E-state index < -0.39 is 41.6 Å². The summed E-state index contributed by atoms with van der Waals surface area (Å²) in [5, 5.41) is 1.89. The van der Waals surface area contributed by atoms with Gasteiger partial charge in [-0.15, -0.1) is 0 Å². The van der Waals surface area contributed by atoms with Crippen LogP contribution in [-0.2, 0) is 29.3 Å². The van der Waals surface area contributed by atoms with Crippen molar-refractivity contribution in [1.82, 2.24) is 10.2 Å². The summed E-state index contributed by atoms with van der Waals surface area (Å²) in [7, 11) is 4.65. The number of rotatable bonds is 4. The van der Waals surface area contributed by atoms with E-state index in [-0.39, 0.29) is 16.9 Å². The molecule has 0 fully saturated rings. The summed E-state index contributed by atoms with van der Waals surface area (Å²) in [6.07, 6.45) is -1.83. The highest BCUT2D eigenvalue weighted by Gasteiger charge is 2.57. The van der Waals surface area contributed by atoms with Crippen molar-refractivity contribution in [3.63, 3.8) is 0 Å². The molecule has 1 heterocycles. The molecule has 1 aromatic rings. The molecule has 27 heavy (non-hydrogen) atoms. The smallest absolute Gasteiger partial charge is 0.413 e. The first-order valence-corrected chi connectivity index (χ1v) is 7.70. The molecule has 1 atom stereocenters. The van der Waals surface area contributed by atoms with Crippen molar-refractivity contribution in [2.24, 2.45) is 0 Å². The fourth-order valence-electron chi connectivity index (χ4n) is 2.93. The van der Waals surface area contributed by atoms with Crippen LogP contribution in [0.5, 0.6) is 5.75 Å². The first-order chi connectivity index (χ1) is 12.7. The maximum Gasteiger partial charge on any atom is 0.413 e. The Balaban J connectivity index is 2.70. The quantitative estimate of drug-likeness (QED) is 0.440. The fourth-order valence-corrected chi connectivity index (χ4v) is 2.93. The molecule has 1 N–H and O–H groups in total. The van der Waals surface area contributed by atoms with E-state index in [1.165, 1.54) is 32.4 Å². The third-order valence-corrected chi connectivity index (χ3v) is 4.28. The van der Waals surface area contributed by atoms with Crippen molar-refractivity contribution in [2.75, 3.05) is 28.4 Å². The number of nitrogens with zero attached hydrogens (tertiary/aromatic N) is 1. The second-order valence-electron chi connectivity index (χ2n) is 5.69. The zero-order valence-corrected chi connectivity index (χ0v) is 15.2. The standard InChI is InChI=1S/C17H18N2O8/c1-19-13(21)10-6-5-9(25-2)7-11(10)17(14(19)22,15(23)26-3)8-12(20)18-16(24)27-4/h5-7H,8H2,1-4H3,(H,18,20,24). The number of ether oxygens (including phenoxy) is 3. The van der Waals surface area contributed by atoms with E-state index >= 15 is 0 Å². The van der Waals surface area contributed by atoms with Gasteiger partial charge in [-0.3, -0.25) is 29.4 Å². The molecule has 1 aromatic carbocycles. The number of amides is 4. The van der Waals surface area contributed by atoms with Crippen LogP contribution in [0.3, 0.4) is 0 Å². The van der Waals surface area contributed by atoms with E-state index in [9.17, 15) is 24.0 Å². The Morgan fingerprint density at radius 2 is 1.78 bits per heavy atom. The van der Waals surface area contributed by atoms with Crippen LogP contribution < -0.4 is 10.1 Å². The van der Waals surface area contributed by atoms with E-state index in [1.54, 1.807) is 0 Å². The Labute approximate surface area is 154 Å². The van der Waals surface area contributed by atoms with Gasteiger partial charge in [0.1, 0.15) is 5.75 Å². The molecule has 0 saturated carbocycles. The molecule has 10 nitrogen and oxygen atoms in total. The highest BCUT2D eigenvalue weighted by atomic mass is 16.5. The van der Waals surface area contributed by atoms with Gasteiger partial charge in [0.2, 0.25) is 5.91 Å². The zero-order chi connectivity index (χ0) is 20.4. The fraction of sp³-hybridized carbons (Fsp3) is 0.353. The number of imide groups is 2.